The summed E-state index contributed by atoms with van der Waals surface area (Å²) < 4.78 is 2.45. The molecule has 2 aromatic rings. The lowest BCUT2D eigenvalue weighted by Gasteiger charge is -2.05. The lowest BCUT2D eigenvalue weighted by molar-refractivity contribution is 0.102. The van der Waals surface area contributed by atoms with Crippen molar-refractivity contribution < 1.29 is 4.79 Å². The van der Waals surface area contributed by atoms with Crippen LogP contribution in [-0.4, -0.2) is 15.6 Å². The minimum atomic E-state index is -0.0763. The molecule has 0 amide bonds. The van der Waals surface area contributed by atoms with Crippen LogP contribution in [0, 0.1) is 0 Å². The van der Waals surface area contributed by atoms with E-state index < -0.39 is 0 Å². The SMILES string of the molecule is CCn1nccc1C(=O)c1cc(Cl)cc(Br)c1. The van der Waals surface area contributed by atoms with Crippen LogP contribution in [0.4, 0.5) is 0 Å². The molecule has 3 nitrogen and oxygen atoms in total. The molecule has 17 heavy (non-hydrogen) atoms. The molecular weight excluding hydrogens is 304 g/mol. The fraction of sp³-hybridized carbons (Fsp3) is 0.167. The van der Waals surface area contributed by atoms with Gasteiger partial charge >= 0.3 is 0 Å². The predicted molar refractivity (Wildman–Crippen MR) is 70.5 cm³/mol. The smallest absolute Gasteiger partial charge is 0.211 e. The van der Waals surface area contributed by atoms with Crippen LogP contribution in [0.5, 0.6) is 0 Å². The Kier molecular flexibility index (Phi) is 3.64. The van der Waals surface area contributed by atoms with Crippen molar-refractivity contribution in [1.29, 1.82) is 0 Å². The average Bonchev–Trinajstić information content (AvgIpc) is 2.74. The molecule has 2 rings (SSSR count). The maximum absolute atomic E-state index is 12.3. The summed E-state index contributed by atoms with van der Waals surface area (Å²) in [6, 6.07) is 6.86. The third-order valence-electron chi connectivity index (χ3n) is 2.37. The zero-order chi connectivity index (χ0) is 12.4. The van der Waals surface area contributed by atoms with Gasteiger partial charge in [0, 0.05) is 27.8 Å². The van der Waals surface area contributed by atoms with Gasteiger partial charge in [-0.1, -0.05) is 27.5 Å². The van der Waals surface area contributed by atoms with Gasteiger partial charge in [-0.15, -0.1) is 0 Å². The topological polar surface area (TPSA) is 34.9 Å². The standard InChI is InChI=1S/C12H10BrClN2O/c1-2-16-11(3-4-15-16)12(17)8-5-9(13)7-10(14)6-8/h3-7H,2H2,1H3. The summed E-state index contributed by atoms with van der Waals surface area (Å²) in [5, 5.41) is 4.61. The molecule has 0 spiro atoms. The third-order valence-corrected chi connectivity index (χ3v) is 3.05. The van der Waals surface area contributed by atoms with E-state index in [1.54, 1.807) is 35.1 Å². The van der Waals surface area contributed by atoms with Crippen molar-refractivity contribution in [3.63, 3.8) is 0 Å². The van der Waals surface area contributed by atoms with Crippen molar-refractivity contribution in [2.45, 2.75) is 13.5 Å². The van der Waals surface area contributed by atoms with Gasteiger partial charge in [-0.3, -0.25) is 9.48 Å². The number of carbonyl (C=O) groups is 1. The van der Waals surface area contributed by atoms with Crippen molar-refractivity contribution >= 4 is 33.3 Å². The fourth-order valence-electron chi connectivity index (χ4n) is 1.61. The van der Waals surface area contributed by atoms with Gasteiger partial charge in [0.05, 0.1) is 0 Å². The highest BCUT2D eigenvalue weighted by Crippen LogP contribution is 2.21. The summed E-state index contributed by atoms with van der Waals surface area (Å²) in [5.41, 5.74) is 1.13. The number of nitrogens with zero attached hydrogens (tertiary/aromatic N) is 2. The van der Waals surface area contributed by atoms with Crippen LogP contribution in [0.15, 0.2) is 34.9 Å². The number of hydrogen-bond acceptors (Lipinski definition) is 2. The highest BCUT2D eigenvalue weighted by atomic mass is 79.9. The van der Waals surface area contributed by atoms with Gasteiger partial charge in [0.15, 0.2) is 0 Å². The zero-order valence-corrected chi connectivity index (χ0v) is 11.5. The average molecular weight is 314 g/mol. The number of rotatable bonds is 3. The molecule has 0 saturated carbocycles. The lowest BCUT2D eigenvalue weighted by Crippen LogP contribution is -2.10. The number of aromatic nitrogens is 2. The molecule has 0 aliphatic rings. The van der Waals surface area contributed by atoms with Crippen molar-refractivity contribution in [3.8, 4) is 0 Å². The Hall–Kier alpha value is -1.13. The molecule has 1 aromatic heterocycles. The number of aryl methyl sites for hydroxylation is 1. The first-order valence-electron chi connectivity index (χ1n) is 5.14. The number of benzene rings is 1. The molecule has 1 heterocycles. The molecule has 0 aliphatic carbocycles. The van der Waals surface area contributed by atoms with Gasteiger partial charge in [-0.05, 0) is 31.2 Å². The van der Waals surface area contributed by atoms with E-state index in [0.29, 0.717) is 22.8 Å². The summed E-state index contributed by atoms with van der Waals surface area (Å²) in [6.45, 7) is 2.60. The van der Waals surface area contributed by atoms with E-state index in [2.05, 4.69) is 21.0 Å². The molecule has 0 fully saturated rings. The minimum absolute atomic E-state index is 0.0763. The Morgan fingerprint density at radius 2 is 2.24 bits per heavy atom. The first kappa shape index (κ1) is 12.3. The summed E-state index contributed by atoms with van der Waals surface area (Å²) >= 11 is 9.25. The number of hydrogen-bond donors (Lipinski definition) is 0. The Morgan fingerprint density at radius 1 is 1.47 bits per heavy atom. The molecular formula is C12H10BrClN2O. The Morgan fingerprint density at radius 3 is 2.88 bits per heavy atom. The first-order chi connectivity index (χ1) is 8.11. The maximum Gasteiger partial charge on any atom is 0.211 e. The minimum Gasteiger partial charge on any atom is -0.287 e. The van der Waals surface area contributed by atoms with Gasteiger partial charge in [0.2, 0.25) is 5.78 Å². The van der Waals surface area contributed by atoms with E-state index in [-0.39, 0.29) is 5.78 Å². The second kappa shape index (κ2) is 5.02. The van der Waals surface area contributed by atoms with Crippen molar-refractivity contribution in [3.05, 3.63) is 51.2 Å². The quantitative estimate of drug-likeness (QED) is 0.812. The molecule has 0 bridgehead atoms. The monoisotopic (exact) mass is 312 g/mol. The highest BCUT2D eigenvalue weighted by Gasteiger charge is 2.14. The van der Waals surface area contributed by atoms with E-state index in [0.717, 1.165) is 4.47 Å². The van der Waals surface area contributed by atoms with Crippen molar-refractivity contribution in [1.82, 2.24) is 9.78 Å². The van der Waals surface area contributed by atoms with Crippen LogP contribution >= 0.6 is 27.5 Å². The second-order valence-electron chi connectivity index (χ2n) is 3.52. The maximum atomic E-state index is 12.3. The van der Waals surface area contributed by atoms with Gasteiger partial charge in [0.1, 0.15) is 5.69 Å². The zero-order valence-electron chi connectivity index (χ0n) is 9.15. The van der Waals surface area contributed by atoms with E-state index in [9.17, 15) is 4.79 Å². The number of ketones is 1. The first-order valence-corrected chi connectivity index (χ1v) is 6.31. The molecule has 0 saturated heterocycles. The van der Waals surface area contributed by atoms with E-state index in [1.807, 2.05) is 6.92 Å². The van der Waals surface area contributed by atoms with Crippen molar-refractivity contribution in [2.24, 2.45) is 0 Å². The van der Waals surface area contributed by atoms with Crippen molar-refractivity contribution in [2.75, 3.05) is 0 Å². The van der Waals surface area contributed by atoms with Crippen LogP contribution in [0.2, 0.25) is 5.02 Å². The predicted octanol–water partition coefficient (Wildman–Crippen LogP) is 3.55. The Balaban J connectivity index is 2.43. The molecule has 5 heteroatoms. The second-order valence-corrected chi connectivity index (χ2v) is 4.87. The molecule has 0 radical (unpaired) electrons. The fourth-order valence-corrected chi connectivity index (χ4v) is 2.47. The van der Waals surface area contributed by atoms with Crippen LogP contribution < -0.4 is 0 Å². The van der Waals surface area contributed by atoms with Crippen LogP contribution in [0.1, 0.15) is 23.0 Å². The molecule has 88 valence electrons. The van der Waals surface area contributed by atoms with E-state index in [4.69, 9.17) is 11.6 Å². The summed E-state index contributed by atoms with van der Waals surface area (Å²) in [6.07, 6.45) is 1.62. The largest absolute Gasteiger partial charge is 0.287 e. The lowest BCUT2D eigenvalue weighted by atomic mass is 10.1. The molecule has 0 unspecified atom stereocenters. The summed E-state index contributed by atoms with van der Waals surface area (Å²) in [5.74, 6) is -0.0763. The molecule has 1 aromatic carbocycles. The van der Waals surface area contributed by atoms with Gasteiger partial charge in [0.25, 0.3) is 0 Å². The van der Waals surface area contributed by atoms with Gasteiger partial charge < -0.3 is 0 Å². The summed E-state index contributed by atoms with van der Waals surface area (Å²) in [4.78, 5) is 12.3. The highest BCUT2D eigenvalue weighted by molar-refractivity contribution is 9.10. The number of carbonyl (C=O) groups excluding carboxylic acids is 1. The van der Waals surface area contributed by atoms with Crippen LogP contribution in [0.25, 0.3) is 0 Å². The number of halogens is 2. The molecule has 0 aliphatic heterocycles. The molecule has 0 N–H and O–H groups in total. The summed E-state index contributed by atoms with van der Waals surface area (Å²) in [7, 11) is 0. The van der Waals surface area contributed by atoms with Crippen LogP contribution in [0.3, 0.4) is 0 Å². The Bertz CT molecular complexity index is 545. The van der Waals surface area contributed by atoms with Gasteiger partial charge in [-0.2, -0.15) is 5.10 Å². The van der Waals surface area contributed by atoms with Crippen LogP contribution in [-0.2, 0) is 6.54 Å². The molecule has 0 atom stereocenters. The van der Waals surface area contributed by atoms with E-state index >= 15 is 0 Å². The third kappa shape index (κ3) is 2.58. The Labute approximate surface area is 113 Å². The normalized spacial score (nSPS) is 10.5. The van der Waals surface area contributed by atoms with E-state index in [1.165, 1.54) is 0 Å². The van der Waals surface area contributed by atoms with Gasteiger partial charge in [-0.25, -0.2) is 0 Å².